The average Bonchev–Trinajstić information content (AvgIpc) is 2.48. The summed E-state index contributed by atoms with van der Waals surface area (Å²) in [5, 5.41) is 0. The fourth-order valence-corrected chi connectivity index (χ4v) is 2.10. The van der Waals surface area contributed by atoms with Crippen LogP contribution in [0, 0.1) is 6.92 Å². The Morgan fingerprint density at radius 1 is 1.29 bits per heavy atom. The molecule has 0 aromatic carbocycles. The second-order valence-corrected chi connectivity index (χ2v) is 4.19. The molecule has 0 N–H and O–H groups in total. The third-order valence-electron chi connectivity index (χ3n) is 1.72. The summed E-state index contributed by atoms with van der Waals surface area (Å²) in [4.78, 5) is 6.66. The lowest BCUT2D eigenvalue weighted by Gasteiger charge is -1.88. The van der Waals surface area contributed by atoms with E-state index in [-0.39, 0.29) is 0 Å². The monoisotopic (exact) mass is 205 g/mol. The van der Waals surface area contributed by atoms with Gasteiger partial charge in [-0.25, -0.2) is 0 Å². The van der Waals surface area contributed by atoms with Gasteiger partial charge in [-0.1, -0.05) is 12.2 Å². The predicted molar refractivity (Wildman–Crippen MR) is 67.0 cm³/mol. The van der Waals surface area contributed by atoms with Gasteiger partial charge in [-0.2, -0.15) is 0 Å². The molecule has 0 spiro atoms. The average molecular weight is 205 g/mol. The van der Waals surface area contributed by atoms with Gasteiger partial charge in [0.15, 0.2) is 0 Å². The Morgan fingerprint density at radius 3 is 2.71 bits per heavy atom. The molecule has 14 heavy (non-hydrogen) atoms. The molecule has 1 heterocycles. The van der Waals surface area contributed by atoms with Crippen LogP contribution in [0.5, 0.6) is 0 Å². The summed E-state index contributed by atoms with van der Waals surface area (Å²) < 4.78 is 0. The maximum absolute atomic E-state index is 4.05. The smallest absolute Gasteiger partial charge is 0.0360 e. The topological polar surface area (TPSA) is 12.4 Å². The summed E-state index contributed by atoms with van der Waals surface area (Å²) in [5.74, 6) is 0. The highest BCUT2D eigenvalue weighted by Crippen LogP contribution is 2.24. The first-order valence-electron chi connectivity index (χ1n) is 4.65. The molecule has 74 valence electrons. The molecule has 0 aliphatic carbocycles. The Kier molecular flexibility index (Phi) is 4.33. The largest absolute Gasteiger partial charge is 0.269 e. The number of thiophene rings is 1. The van der Waals surface area contributed by atoms with E-state index >= 15 is 0 Å². The van der Waals surface area contributed by atoms with Gasteiger partial charge >= 0.3 is 0 Å². The molecule has 1 rings (SSSR count). The quantitative estimate of drug-likeness (QED) is 0.657. The van der Waals surface area contributed by atoms with Gasteiger partial charge in [0.2, 0.25) is 0 Å². The number of rotatable bonds is 3. The Balaban J connectivity index is 2.94. The molecule has 0 atom stereocenters. The molecule has 1 aromatic heterocycles. The molecule has 0 bridgehead atoms. The van der Waals surface area contributed by atoms with E-state index in [9.17, 15) is 0 Å². The van der Waals surface area contributed by atoms with Crippen LogP contribution in [-0.2, 0) is 0 Å². The Bertz CT molecular complexity index is 370. The SMILES string of the molecule is CC=N/C=C\c1sc(C)cc1/C=C/C. The number of allylic oxidation sites excluding steroid dienone is 1. The third-order valence-corrected chi connectivity index (χ3v) is 2.75. The van der Waals surface area contributed by atoms with Crippen LogP contribution in [0.2, 0.25) is 0 Å². The zero-order valence-corrected chi connectivity index (χ0v) is 9.64. The Morgan fingerprint density at radius 2 is 2.07 bits per heavy atom. The standard InChI is InChI=1S/C12H15NS/c1-4-6-11-9-10(3)14-12(11)7-8-13-5-2/h4-9H,1-3H3/b6-4+,8-7-,13-5?. The number of aryl methyl sites for hydroxylation is 1. The van der Waals surface area contributed by atoms with Gasteiger partial charge in [-0.15, -0.1) is 11.3 Å². The van der Waals surface area contributed by atoms with Crippen molar-refractivity contribution >= 4 is 29.7 Å². The molecule has 0 amide bonds. The molecule has 0 radical (unpaired) electrons. The highest BCUT2D eigenvalue weighted by molar-refractivity contribution is 7.13. The van der Waals surface area contributed by atoms with E-state index in [0.29, 0.717) is 0 Å². The molecule has 0 saturated heterocycles. The lowest BCUT2D eigenvalue weighted by atomic mass is 10.2. The lowest BCUT2D eigenvalue weighted by Crippen LogP contribution is -1.68. The van der Waals surface area contributed by atoms with Crippen molar-refractivity contribution in [3.63, 3.8) is 0 Å². The molecule has 1 nitrogen and oxygen atoms in total. The van der Waals surface area contributed by atoms with Crippen LogP contribution >= 0.6 is 11.3 Å². The van der Waals surface area contributed by atoms with Crippen LogP contribution in [0.3, 0.4) is 0 Å². The van der Waals surface area contributed by atoms with Crippen molar-refractivity contribution in [3.8, 4) is 0 Å². The number of nitrogens with zero attached hydrogens (tertiary/aromatic N) is 1. The van der Waals surface area contributed by atoms with Crippen molar-refractivity contribution in [1.82, 2.24) is 0 Å². The molecule has 0 unspecified atom stereocenters. The van der Waals surface area contributed by atoms with E-state index in [2.05, 4.69) is 30.1 Å². The number of hydrogen-bond acceptors (Lipinski definition) is 2. The minimum Gasteiger partial charge on any atom is -0.269 e. The normalized spacial score (nSPS) is 12.5. The highest BCUT2D eigenvalue weighted by atomic mass is 32.1. The van der Waals surface area contributed by atoms with Crippen LogP contribution < -0.4 is 0 Å². The van der Waals surface area contributed by atoms with E-state index in [1.165, 1.54) is 15.3 Å². The van der Waals surface area contributed by atoms with Crippen LogP contribution in [0.4, 0.5) is 0 Å². The van der Waals surface area contributed by atoms with Gasteiger partial charge in [-0.3, -0.25) is 4.99 Å². The van der Waals surface area contributed by atoms with Crippen LogP contribution in [-0.4, -0.2) is 6.21 Å². The van der Waals surface area contributed by atoms with Gasteiger partial charge < -0.3 is 0 Å². The highest BCUT2D eigenvalue weighted by Gasteiger charge is 1.99. The summed E-state index contributed by atoms with van der Waals surface area (Å²) in [5.41, 5.74) is 1.28. The van der Waals surface area contributed by atoms with Gasteiger partial charge in [0.1, 0.15) is 0 Å². The van der Waals surface area contributed by atoms with Crippen LogP contribution in [0.1, 0.15) is 29.2 Å². The molecular weight excluding hydrogens is 190 g/mol. The Hall–Kier alpha value is -1.15. The summed E-state index contributed by atoms with van der Waals surface area (Å²) in [6.07, 6.45) is 9.85. The predicted octanol–water partition coefficient (Wildman–Crippen LogP) is 4.15. The molecule has 1 aromatic rings. The van der Waals surface area contributed by atoms with E-state index in [0.717, 1.165) is 0 Å². The van der Waals surface area contributed by atoms with Crippen molar-refractivity contribution in [3.05, 3.63) is 33.7 Å². The van der Waals surface area contributed by atoms with Crippen LogP contribution in [0.25, 0.3) is 12.2 Å². The number of aliphatic imine (C=N–C) groups is 1. The third kappa shape index (κ3) is 2.96. The van der Waals surface area contributed by atoms with E-state index < -0.39 is 0 Å². The van der Waals surface area contributed by atoms with Crippen molar-refractivity contribution in [1.29, 1.82) is 0 Å². The second kappa shape index (κ2) is 5.55. The van der Waals surface area contributed by atoms with Crippen molar-refractivity contribution in [2.45, 2.75) is 20.8 Å². The van der Waals surface area contributed by atoms with E-state index in [1.54, 1.807) is 17.6 Å². The fraction of sp³-hybridized carbons (Fsp3) is 0.250. The first-order valence-corrected chi connectivity index (χ1v) is 5.47. The molecule has 2 heteroatoms. The van der Waals surface area contributed by atoms with Crippen molar-refractivity contribution in [2.24, 2.45) is 4.99 Å². The summed E-state index contributed by atoms with van der Waals surface area (Å²) in [6.45, 7) is 6.07. The van der Waals surface area contributed by atoms with Gasteiger partial charge in [0, 0.05) is 22.2 Å². The first kappa shape index (κ1) is 10.9. The zero-order chi connectivity index (χ0) is 10.4. The minimum atomic E-state index is 1.27. The molecular formula is C12H15NS. The second-order valence-electron chi connectivity index (χ2n) is 2.90. The van der Waals surface area contributed by atoms with Crippen LogP contribution in [0.15, 0.2) is 23.3 Å². The maximum atomic E-state index is 4.05. The molecule has 0 saturated carbocycles. The molecule has 0 aliphatic heterocycles. The first-order chi connectivity index (χ1) is 6.77. The number of hydrogen-bond donors (Lipinski definition) is 0. The summed E-state index contributed by atoms with van der Waals surface area (Å²) >= 11 is 1.79. The van der Waals surface area contributed by atoms with Crippen molar-refractivity contribution < 1.29 is 0 Å². The minimum absolute atomic E-state index is 1.27. The molecule has 0 aliphatic rings. The van der Waals surface area contributed by atoms with Gasteiger partial charge in [-0.05, 0) is 38.5 Å². The van der Waals surface area contributed by atoms with Gasteiger partial charge in [0.25, 0.3) is 0 Å². The summed E-state index contributed by atoms with van der Waals surface area (Å²) in [7, 11) is 0. The lowest BCUT2D eigenvalue weighted by molar-refractivity contribution is 1.59. The maximum Gasteiger partial charge on any atom is 0.0360 e. The van der Waals surface area contributed by atoms with E-state index in [1.807, 2.05) is 26.1 Å². The Labute approximate surface area is 89.5 Å². The molecule has 0 fully saturated rings. The fourth-order valence-electron chi connectivity index (χ4n) is 1.19. The van der Waals surface area contributed by atoms with E-state index in [4.69, 9.17) is 0 Å². The van der Waals surface area contributed by atoms with Gasteiger partial charge in [0.05, 0.1) is 0 Å². The summed E-state index contributed by atoms with van der Waals surface area (Å²) in [6, 6.07) is 2.19. The van der Waals surface area contributed by atoms with Crippen molar-refractivity contribution in [2.75, 3.05) is 0 Å². The zero-order valence-electron chi connectivity index (χ0n) is 8.82.